The maximum absolute atomic E-state index is 5.50. The Morgan fingerprint density at radius 1 is 1.12 bits per heavy atom. The van der Waals surface area contributed by atoms with Gasteiger partial charge in [0.05, 0.1) is 0 Å². The summed E-state index contributed by atoms with van der Waals surface area (Å²) in [5.41, 5.74) is 0. The van der Waals surface area contributed by atoms with Crippen LogP contribution in [0.15, 0.2) is 0 Å². The molecule has 100 valence electrons. The van der Waals surface area contributed by atoms with Crippen LogP contribution in [0.25, 0.3) is 0 Å². The van der Waals surface area contributed by atoms with Crippen molar-refractivity contribution in [2.24, 2.45) is 11.8 Å². The molecule has 2 unspecified atom stereocenters. The van der Waals surface area contributed by atoms with Crippen LogP contribution in [-0.2, 0) is 4.74 Å². The van der Waals surface area contributed by atoms with Crippen LogP contribution in [0.4, 0.5) is 0 Å². The molecule has 2 heteroatoms. The van der Waals surface area contributed by atoms with Gasteiger partial charge in [-0.05, 0) is 44.1 Å². The molecular formula is C15H29NO. The van der Waals surface area contributed by atoms with Gasteiger partial charge in [-0.25, -0.2) is 0 Å². The fourth-order valence-electron chi connectivity index (χ4n) is 3.43. The molecule has 1 heterocycles. The van der Waals surface area contributed by atoms with E-state index in [9.17, 15) is 0 Å². The predicted molar refractivity (Wildman–Crippen MR) is 72.2 cm³/mol. The van der Waals surface area contributed by atoms with E-state index < -0.39 is 0 Å². The van der Waals surface area contributed by atoms with Gasteiger partial charge in [0.1, 0.15) is 0 Å². The first kappa shape index (κ1) is 13.4. The Kier molecular flexibility index (Phi) is 5.79. The second-order valence-corrected chi connectivity index (χ2v) is 6.00. The van der Waals surface area contributed by atoms with E-state index in [4.69, 9.17) is 4.74 Å². The molecule has 2 aliphatic rings. The Morgan fingerprint density at radius 3 is 2.53 bits per heavy atom. The van der Waals surface area contributed by atoms with Gasteiger partial charge in [-0.2, -0.15) is 0 Å². The Bertz CT molecular complexity index is 177. The maximum atomic E-state index is 5.50. The van der Waals surface area contributed by atoms with Crippen LogP contribution >= 0.6 is 0 Å². The van der Waals surface area contributed by atoms with Crippen LogP contribution < -0.4 is 5.32 Å². The normalized spacial score (nSPS) is 27.7. The molecule has 1 N–H and O–H groups in total. The van der Waals surface area contributed by atoms with E-state index in [0.717, 1.165) is 31.1 Å². The summed E-state index contributed by atoms with van der Waals surface area (Å²) >= 11 is 0. The molecule has 2 fully saturated rings. The lowest BCUT2D eigenvalue weighted by Gasteiger charge is -2.24. The second-order valence-electron chi connectivity index (χ2n) is 6.00. The fraction of sp³-hybridized carbons (Fsp3) is 1.00. The lowest BCUT2D eigenvalue weighted by Crippen LogP contribution is -2.33. The van der Waals surface area contributed by atoms with Crippen LogP contribution in [0, 0.1) is 11.8 Å². The van der Waals surface area contributed by atoms with E-state index in [2.05, 4.69) is 12.2 Å². The van der Waals surface area contributed by atoms with E-state index in [1.807, 2.05) is 0 Å². The molecule has 2 atom stereocenters. The second kappa shape index (κ2) is 7.38. The smallest absolute Gasteiger partial charge is 0.0495 e. The third-order valence-corrected chi connectivity index (χ3v) is 4.42. The standard InChI is InChI=1S/C15H29NO/c1-2-8-16-15(10-13-5-3-4-6-13)11-14-7-9-17-12-14/h13-16H,2-12H2,1H3. The van der Waals surface area contributed by atoms with E-state index >= 15 is 0 Å². The number of ether oxygens (including phenoxy) is 1. The Labute approximate surface area is 107 Å². The van der Waals surface area contributed by atoms with Gasteiger partial charge >= 0.3 is 0 Å². The van der Waals surface area contributed by atoms with Crippen molar-refractivity contribution in [1.82, 2.24) is 5.32 Å². The zero-order valence-electron chi connectivity index (χ0n) is 11.4. The minimum atomic E-state index is 0.754. The van der Waals surface area contributed by atoms with Crippen molar-refractivity contribution >= 4 is 0 Å². The van der Waals surface area contributed by atoms with Crippen molar-refractivity contribution in [2.45, 2.75) is 64.3 Å². The molecule has 0 spiro atoms. The molecule has 0 aromatic rings. The highest BCUT2D eigenvalue weighted by Gasteiger charge is 2.24. The van der Waals surface area contributed by atoms with Crippen molar-refractivity contribution in [1.29, 1.82) is 0 Å². The van der Waals surface area contributed by atoms with Crippen LogP contribution in [0.2, 0.25) is 0 Å². The highest BCUT2D eigenvalue weighted by molar-refractivity contribution is 4.79. The van der Waals surface area contributed by atoms with Gasteiger partial charge in [0, 0.05) is 19.3 Å². The molecule has 2 rings (SSSR count). The molecule has 0 bridgehead atoms. The Hall–Kier alpha value is -0.0800. The zero-order chi connectivity index (χ0) is 11.9. The number of hydrogen-bond acceptors (Lipinski definition) is 2. The summed E-state index contributed by atoms with van der Waals surface area (Å²) < 4.78 is 5.50. The van der Waals surface area contributed by atoms with Crippen LogP contribution in [0.3, 0.4) is 0 Å². The molecule has 0 aromatic heterocycles. The molecule has 2 nitrogen and oxygen atoms in total. The lowest BCUT2D eigenvalue weighted by atomic mass is 9.91. The molecule has 1 aliphatic carbocycles. The van der Waals surface area contributed by atoms with E-state index in [-0.39, 0.29) is 0 Å². The molecule has 0 amide bonds. The topological polar surface area (TPSA) is 21.3 Å². The summed E-state index contributed by atoms with van der Waals surface area (Å²) in [6, 6.07) is 0.754. The largest absolute Gasteiger partial charge is 0.381 e. The highest BCUT2D eigenvalue weighted by atomic mass is 16.5. The van der Waals surface area contributed by atoms with Crippen molar-refractivity contribution < 1.29 is 4.74 Å². The Balaban J connectivity index is 1.74. The predicted octanol–water partition coefficient (Wildman–Crippen LogP) is 3.36. The minimum absolute atomic E-state index is 0.754. The van der Waals surface area contributed by atoms with Gasteiger partial charge in [0.25, 0.3) is 0 Å². The molecule has 17 heavy (non-hydrogen) atoms. The number of hydrogen-bond donors (Lipinski definition) is 1. The average molecular weight is 239 g/mol. The van der Waals surface area contributed by atoms with E-state index in [1.54, 1.807) is 0 Å². The molecule has 0 aromatic carbocycles. The maximum Gasteiger partial charge on any atom is 0.0495 e. The molecular weight excluding hydrogens is 210 g/mol. The monoisotopic (exact) mass is 239 g/mol. The highest BCUT2D eigenvalue weighted by Crippen LogP contribution is 2.30. The van der Waals surface area contributed by atoms with Crippen molar-refractivity contribution in [3.05, 3.63) is 0 Å². The molecule has 0 radical (unpaired) electrons. The third-order valence-electron chi connectivity index (χ3n) is 4.42. The van der Waals surface area contributed by atoms with Gasteiger partial charge in [-0.1, -0.05) is 32.6 Å². The van der Waals surface area contributed by atoms with Gasteiger partial charge < -0.3 is 10.1 Å². The fourth-order valence-corrected chi connectivity index (χ4v) is 3.43. The third kappa shape index (κ3) is 4.59. The van der Waals surface area contributed by atoms with Gasteiger partial charge in [0.15, 0.2) is 0 Å². The molecule has 1 saturated heterocycles. The summed E-state index contributed by atoms with van der Waals surface area (Å²) in [5, 5.41) is 3.77. The number of nitrogens with one attached hydrogen (secondary N) is 1. The molecule has 1 saturated carbocycles. The summed E-state index contributed by atoms with van der Waals surface area (Å²) in [6.07, 6.45) is 11.2. The van der Waals surface area contributed by atoms with Crippen LogP contribution in [-0.4, -0.2) is 25.8 Å². The van der Waals surface area contributed by atoms with Crippen molar-refractivity contribution in [3.63, 3.8) is 0 Å². The first-order chi connectivity index (χ1) is 8.38. The van der Waals surface area contributed by atoms with Gasteiger partial charge in [-0.3, -0.25) is 0 Å². The first-order valence-corrected chi connectivity index (χ1v) is 7.69. The summed E-state index contributed by atoms with van der Waals surface area (Å²) in [6.45, 7) is 5.45. The Morgan fingerprint density at radius 2 is 1.88 bits per heavy atom. The van der Waals surface area contributed by atoms with Crippen molar-refractivity contribution in [2.75, 3.05) is 19.8 Å². The summed E-state index contributed by atoms with van der Waals surface area (Å²) in [7, 11) is 0. The quantitative estimate of drug-likeness (QED) is 0.735. The molecule has 1 aliphatic heterocycles. The SMILES string of the molecule is CCCNC(CC1CCCC1)CC1CCOC1. The zero-order valence-corrected chi connectivity index (χ0v) is 11.4. The van der Waals surface area contributed by atoms with Gasteiger partial charge in [-0.15, -0.1) is 0 Å². The van der Waals surface area contributed by atoms with Gasteiger partial charge in [0.2, 0.25) is 0 Å². The number of rotatable bonds is 7. The van der Waals surface area contributed by atoms with E-state index in [0.29, 0.717) is 0 Å². The average Bonchev–Trinajstić information content (AvgIpc) is 2.99. The summed E-state index contributed by atoms with van der Waals surface area (Å²) in [5.74, 6) is 1.83. The summed E-state index contributed by atoms with van der Waals surface area (Å²) in [4.78, 5) is 0. The first-order valence-electron chi connectivity index (χ1n) is 7.69. The van der Waals surface area contributed by atoms with Crippen molar-refractivity contribution in [3.8, 4) is 0 Å². The lowest BCUT2D eigenvalue weighted by molar-refractivity contribution is 0.179. The van der Waals surface area contributed by atoms with Crippen LogP contribution in [0.1, 0.15) is 58.3 Å². The van der Waals surface area contributed by atoms with E-state index in [1.165, 1.54) is 57.9 Å². The minimum Gasteiger partial charge on any atom is -0.381 e. The van der Waals surface area contributed by atoms with Crippen LogP contribution in [0.5, 0.6) is 0 Å².